The second-order valence-electron chi connectivity index (χ2n) is 6.24. The fraction of sp³-hybridized carbons (Fsp3) is 0.0952. The predicted molar refractivity (Wildman–Crippen MR) is 112 cm³/mol. The molecule has 0 atom stereocenters. The van der Waals surface area contributed by atoms with E-state index >= 15 is 0 Å². The standard InChI is InChI=1S/C21H16Cl2FN3O3/c22-16-11-17(23)18(24)10-15(16)21(29)27-6-4-12-2-1-3-13(8-12)30-14-5-7-26-19(9-14)20(25)28/h1-3,5,7-11H,4,6H2,(H2,25,28)(H,27,29). The highest BCUT2D eigenvalue weighted by molar-refractivity contribution is 6.36. The number of aromatic nitrogens is 1. The molecule has 0 fully saturated rings. The number of hydrogen-bond donors (Lipinski definition) is 2. The summed E-state index contributed by atoms with van der Waals surface area (Å²) in [7, 11) is 0. The molecule has 3 N–H and O–H groups in total. The fourth-order valence-corrected chi connectivity index (χ4v) is 3.09. The van der Waals surface area contributed by atoms with E-state index in [2.05, 4.69) is 10.3 Å². The van der Waals surface area contributed by atoms with E-state index < -0.39 is 17.6 Å². The van der Waals surface area contributed by atoms with Crippen LogP contribution in [0, 0.1) is 5.82 Å². The van der Waals surface area contributed by atoms with Crippen LogP contribution in [0.4, 0.5) is 4.39 Å². The zero-order chi connectivity index (χ0) is 21.7. The molecule has 9 heteroatoms. The molecular formula is C21H16Cl2FN3O3. The molecule has 0 aliphatic heterocycles. The molecule has 0 radical (unpaired) electrons. The Morgan fingerprint density at radius 3 is 2.60 bits per heavy atom. The van der Waals surface area contributed by atoms with Crippen molar-refractivity contribution in [1.29, 1.82) is 0 Å². The SMILES string of the molecule is NC(=O)c1cc(Oc2cccc(CCNC(=O)c3cc(F)c(Cl)cc3Cl)c2)ccn1. The van der Waals surface area contributed by atoms with Crippen molar-refractivity contribution in [3.63, 3.8) is 0 Å². The third-order valence-corrected chi connectivity index (χ3v) is 4.67. The van der Waals surface area contributed by atoms with Crippen LogP contribution in [0.25, 0.3) is 0 Å². The molecule has 2 aromatic carbocycles. The number of carbonyl (C=O) groups excluding carboxylic acids is 2. The smallest absolute Gasteiger partial charge is 0.267 e. The summed E-state index contributed by atoms with van der Waals surface area (Å²) in [5, 5.41) is 2.61. The lowest BCUT2D eigenvalue weighted by Crippen LogP contribution is -2.26. The monoisotopic (exact) mass is 447 g/mol. The number of nitrogens with zero attached hydrogens (tertiary/aromatic N) is 1. The van der Waals surface area contributed by atoms with Gasteiger partial charge in [0.25, 0.3) is 11.8 Å². The van der Waals surface area contributed by atoms with Gasteiger partial charge >= 0.3 is 0 Å². The molecule has 3 rings (SSSR count). The summed E-state index contributed by atoms with van der Waals surface area (Å²) in [5.41, 5.74) is 6.23. The predicted octanol–water partition coefficient (Wildman–Crippen LogP) is 4.39. The minimum absolute atomic E-state index is 0.0126. The Labute approximate surface area is 181 Å². The molecule has 30 heavy (non-hydrogen) atoms. The van der Waals surface area contributed by atoms with Gasteiger partial charge in [0.2, 0.25) is 0 Å². The quantitative estimate of drug-likeness (QED) is 0.525. The number of rotatable bonds is 7. The van der Waals surface area contributed by atoms with E-state index in [1.165, 1.54) is 18.3 Å². The van der Waals surface area contributed by atoms with Crippen LogP contribution in [-0.2, 0) is 6.42 Å². The van der Waals surface area contributed by atoms with Gasteiger partial charge in [0, 0.05) is 18.8 Å². The number of pyridine rings is 1. The van der Waals surface area contributed by atoms with Gasteiger partial charge in [0.1, 0.15) is 23.0 Å². The van der Waals surface area contributed by atoms with E-state index in [0.29, 0.717) is 24.5 Å². The van der Waals surface area contributed by atoms with E-state index in [4.69, 9.17) is 33.7 Å². The molecular weight excluding hydrogens is 432 g/mol. The number of nitrogens with two attached hydrogens (primary N) is 1. The van der Waals surface area contributed by atoms with Crippen LogP contribution in [0.3, 0.4) is 0 Å². The number of ether oxygens (including phenoxy) is 1. The summed E-state index contributed by atoms with van der Waals surface area (Å²) in [4.78, 5) is 27.3. The van der Waals surface area contributed by atoms with Crippen molar-refractivity contribution >= 4 is 35.0 Å². The maximum Gasteiger partial charge on any atom is 0.267 e. The molecule has 0 aliphatic carbocycles. The van der Waals surface area contributed by atoms with Gasteiger partial charge in [-0.15, -0.1) is 0 Å². The van der Waals surface area contributed by atoms with E-state index in [1.807, 2.05) is 6.07 Å². The number of benzene rings is 2. The molecule has 1 heterocycles. The Kier molecular flexibility index (Phi) is 6.87. The lowest BCUT2D eigenvalue weighted by Gasteiger charge is -2.10. The van der Waals surface area contributed by atoms with Gasteiger partial charge in [-0.1, -0.05) is 35.3 Å². The topological polar surface area (TPSA) is 94.3 Å². The van der Waals surface area contributed by atoms with Crippen molar-refractivity contribution in [1.82, 2.24) is 10.3 Å². The third kappa shape index (κ3) is 5.46. The van der Waals surface area contributed by atoms with Crippen LogP contribution in [0.1, 0.15) is 26.4 Å². The lowest BCUT2D eigenvalue weighted by atomic mass is 10.1. The summed E-state index contributed by atoms with van der Waals surface area (Å²) in [5.74, 6) is -0.900. The summed E-state index contributed by atoms with van der Waals surface area (Å²) < 4.78 is 19.3. The molecule has 2 amide bonds. The highest BCUT2D eigenvalue weighted by atomic mass is 35.5. The normalized spacial score (nSPS) is 10.5. The molecule has 6 nitrogen and oxygen atoms in total. The average molecular weight is 448 g/mol. The molecule has 1 aromatic heterocycles. The number of nitrogens with one attached hydrogen (secondary N) is 1. The molecule has 0 bridgehead atoms. The Morgan fingerprint density at radius 2 is 1.83 bits per heavy atom. The zero-order valence-corrected chi connectivity index (χ0v) is 17.0. The molecule has 154 valence electrons. The first-order valence-electron chi connectivity index (χ1n) is 8.79. The molecule has 0 saturated carbocycles. The summed E-state index contributed by atoms with van der Waals surface area (Å²) >= 11 is 11.6. The number of amides is 2. The molecule has 3 aromatic rings. The largest absolute Gasteiger partial charge is 0.457 e. The van der Waals surface area contributed by atoms with Crippen molar-refractivity contribution in [2.75, 3.05) is 6.54 Å². The first-order valence-corrected chi connectivity index (χ1v) is 9.54. The number of primary amides is 1. The number of carbonyl (C=O) groups is 2. The van der Waals surface area contributed by atoms with E-state index in [1.54, 1.807) is 24.3 Å². The van der Waals surface area contributed by atoms with Crippen molar-refractivity contribution in [3.8, 4) is 11.5 Å². The highest BCUT2D eigenvalue weighted by Gasteiger charge is 2.14. The Morgan fingerprint density at radius 1 is 1.07 bits per heavy atom. The van der Waals surface area contributed by atoms with E-state index in [-0.39, 0.29) is 21.3 Å². The molecule has 0 saturated heterocycles. The Balaban J connectivity index is 1.61. The van der Waals surface area contributed by atoms with Gasteiger partial charge in [0.15, 0.2) is 0 Å². The van der Waals surface area contributed by atoms with Crippen LogP contribution in [0.2, 0.25) is 10.0 Å². The minimum atomic E-state index is -0.716. The number of halogens is 3. The van der Waals surface area contributed by atoms with Crippen molar-refractivity contribution in [3.05, 3.63) is 87.4 Å². The maximum absolute atomic E-state index is 13.6. The summed E-state index contributed by atoms with van der Waals surface area (Å²) in [6.45, 7) is 0.296. The summed E-state index contributed by atoms with van der Waals surface area (Å²) in [6.07, 6.45) is 1.93. The van der Waals surface area contributed by atoms with Gasteiger partial charge < -0.3 is 15.8 Å². The number of hydrogen-bond acceptors (Lipinski definition) is 4. The van der Waals surface area contributed by atoms with E-state index in [0.717, 1.165) is 11.6 Å². The van der Waals surface area contributed by atoms with Crippen LogP contribution in [0.15, 0.2) is 54.7 Å². The van der Waals surface area contributed by atoms with Crippen LogP contribution in [-0.4, -0.2) is 23.3 Å². The first-order chi connectivity index (χ1) is 14.3. The highest BCUT2D eigenvalue weighted by Crippen LogP contribution is 2.25. The second kappa shape index (κ2) is 9.56. The molecule has 0 unspecified atom stereocenters. The van der Waals surface area contributed by atoms with Crippen molar-refractivity contribution < 1.29 is 18.7 Å². The van der Waals surface area contributed by atoms with Gasteiger partial charge in [0.05, 0.1) is 15.6 Å². The van der Waals surface area contributed by atoms with Gasteiger partial charge in [-0.25, -0.2) is 4.39 Å². The Bertz CT molecular complexity index is 1110. The van der Waals surface area contributed by atoms with Crippen molar-refractivity contribution in [2.24, 2.45) is 5.73 Å². The third-order valence-electron chi connectivity index (χ3n) is 4.07. The van der Waals surface area contributed by atoms with E-state index in [9.17, 15) is 14.0 Å². The molecule has 0 aliphatic rings. The second-order valence-corrected chi connectivity index (χ2v) is 7.06. The molecule has 0 spiro atoms. The van der Waals surface area contributed by atoms with Gasteiger partial charge in [-0.3, -0.25) is 14.6 Å². The Hall–Kier alpha value is -3.16. The lowest BCUT2D eigenvalue weighted by molar-refractivity contribution is 0.0952. The van der Waals surface area contributed by atoms with Crippen molar-refractivity contribution in [2.45, 2.75) is 6.42 Å². The minimum Gasteiger partial charge on any atom is -0.457 e. The van der Waals surface area contributed by atoms with Crippen LogP contribution < -0.4 is 15.8 Å². The van der Waals surface area contributed by atoms with Gasteiger partial charge in [-0.2, -0.15) is 0 Å². The van der Waals surface area contributed by atoms with Crippen LogP contribution in [0.5, 0.6) is 11.5 Å². The zero-order valence-electron chi connectivity index (χ0n) is 15.5. The average Bonchev–Trinajstić information content (AvgIpc) is 2.71. The first kappa shape index (κ1) is 21.5. The fourth-order valence-electron chi connectivity index (χ4n) is 2.62. The van der Waals surface area contributed by atoms with Crippen LogP contribution >= 0.6 is 23.2 Å². The maximum atomic E-state index is 13.6. The summed E-state index contributed by atoms with van der Waals surface area (Å²) in [6, 6.07) is 12.5. The van der Waals surface area contributed by atoms with Gasteiger partial charge in [-0.05, 0) is 42.3 Å².